The Hall–Kier alpha value is 0.390. The van der Waals surface area contributed by atoms with Crippen LogP contribution < -0.4 is 0 Å². The van der Waals surface area contributed by atoms with Crippen molar-refractivity contribution < 1.29 is 4.52 Å². The third-order valence-electron chi connectivity index (χ3n) is 1.35. The molecule has 0 unspecified atom stereocenters. The van der Waals surface area contributed by atoms with E-state index in [0.29, 0.717) is 0 Å². The van der Waals surface area contributed by atoms with Crippen LogP contribution in [0.4, 0.5) is 0 Å². The molecule has 0 saturated carbocycles. The Kier molecular flexibility index (Phi) is 6.13. The minimum absolute atomic E-state index is 0.0516. The molecule has 1 nitrogen and oxygen atoms in total. The zero-order chi connectivity index (χ0) is 9.61. The van der Waals surface area contributed by atoms with Gasteiger partial charge in [0.25, 0.3) is 0 Å². The molecule has 2 heteroatoms. The molecule has 0 radical (unpaired) electrons. The van der Waals surface area contributed by atoms with E-state index in [1.165, 1.54) is 25.2 Å². The first-order valence-electron chi connectivity index (χ1n) is 4.93. The maximum Gasteiger partial charge on any atom is 0.0641 e. The Bertz CT molecular complexity index is 101. The normalized spacial score (nSPS) is 12.5. The largest absolute Gasteiger partial charge is 0.354 e. The Morgan fingerprint density at radius 1 is 1.00 bits per heavy atom. The van der Waals surface area contributed by atoms with Crippen LogP contribution in [0.1, 0.15) is 47.5 Å². The van der Waals surface area contributed by atoms with Crippen LogP contribution in [0.15, 0.2) is 0 Å². The molecule has 0 rings (SSSR count). The second kappa shape index (κ2) is 5.94. The smallest absolute Gasteiger partial charge is 0.0641 e. The number of rotatable bonds is 5. The van der Waals surface area contributed by atoms with Crippen molar-refractivity contribution in [3.8, 4) is 0 Å². The van der Waals surface area contributed by atoms with Gasteiger partial charge < -0.3 is 4.52 Å². The van der Waals surface area contributed by atoms with Crippen molar-refractivity contribution in [3.05, 3.63) is 0 Å². The molecule has 0 N–H and O–H groups in total. The van der Waals surface area contributed by atoms with Crippen molar-refractivity contribution in [2.24, 2.45) is 0 Å². The highest BCUT2D eigenvalue weighted by atomic mass is 31.1. The van der Waals surface area contributed by atoms with E-state index >= 15 is 0 Å². The fourth-order valence-corrected chi connectivity index (χ4v) is 3.27. The van der Waals surface area contributed by atoms with E-state index in [2.05, 4.69) is 34.6 Å². The molecule has 0 aliphatic rings. The Morgan fingerprint density at radius 3 is 1.67 bits per heavy atom. The SMILES string of the molecule is CCCP(CCC)OC(C)(C)C. The summed E-state index contributed by atoms with van der Waals surface area (Å²) in [6.45, 7) is 10.9. The molecule has 0 aliphatic heterocycles. The fraction of sp³-hybridized carbons (Fsp3) is 1.00. The molecule has 0 atom stereocenters. The third-order valence-corrected chi connectivity index (χ3v) is 4.05. The standard InChI is InChI=1S/C10H23OP/c1-6-8-12(9-7-2)11-10(3,4)5/h6-9H2,1-5H3. The molecule has 0 aromatic heterocycles. The first-order valence-corrected chi connectivity index (χ1v) is 6.56. The van der Waals surface area contributed by atoms with Gasteiger partial charge in [0, 0.05) is 8.15 Å². The van der Waals surface area contributed by atoms with E-state index in [1.807, 2.05) is 0 Å². The van der Waals surface area contributed by atoms with E-state index < -0.39 is 0 Å². The lowest BCUT2D eigenvalue weighted by atomic mass is 10.2. The van der Waals surface area contributed by atoms with Gasteiger partial charge in [-0.15, -0.1) is 0 Å². The van der Waals surface area contributed by atoms with Crippen LogP contribution in [-0.4, -0.2) is 17.9 Å². The van der Waals surface area contributed by atoms with Gasteiger partial charge in [-0.05, 0) is 33.1 Å². The Balaban J connectivity index is 3.77. The van der Waals surface area contributed by atoms with Gasteiger partial charge in [0.15, 0.2) is 0 Å². The Morgan fingerprint density at radius 2 is 1.42 bits per heavy atom. The van der Waals surface area contributed by atoms with Crippen LogP contribution in [0.2, 0.25) is 0 Å². The average Bonchev–Trinajstić information content (AvgIpc) is 1.84. The predicted octanol–water partition coefficient (Wildman–Crippen LogP) is 4.02. The van der Waals surface area contributed by atoms with Crippen molar-refractivity contribution in [2.75, 3.05) is 12.3 Å². The summed E-state index contributed by atoms with van der Waals surface area (Å²) in [5, 5.41) is 0. The molecular weight excluding hydrogens is 167 g/mol. The minimum atomic E-state index is -0.149. The second-order valence-electron chi connectivity index (χ2n) is 4.13. The topological polar surface area (TPSA) is 9.23 Å². The summed E-state index contributed by atoms with van der Waals surface area (Å²) in [4.78, 5) is 0. The monoisotopic (exact) mass is 190 g/mol. The van der Waals surface area contributed by atoms with E-state index in [0.717, 1.165) is 0 Å². The van der Waals surface area contributed by atoms with Gasteiger partial charge in [-0.2, -0.15) is 0 Å². The molecule has 74 valence electrons. The lowest BCUT2D eigenvalue weighted by Gasteiger charge is -2.26. The van der Waals surface area contributed by atoms with Crippen LogP contribution in [0.3, 0.4) is 0 Å². The molecule has 0 aromatic rings. The lowest BCUT2D eigenvalue weighted by molar-refractivity contribution is 0.150. The van der Waals surface area contributed by atoms with Crippen LogP contribution in [-0.2, 0) is 4.52 Å². The summed E-state index contributed by atoms with van der Waals surface area (Å²) in [5.41, 5.74) is 0.0516. The van der Waals surface area contributed by atoms with Crippen LogP contribution in [0.5, 0.6) is 0 Å². The first-order chi connectivity index (χ1) is 5.49. The molecule has 0 fully saturated rings. The van der Waals surface area contributed by atoms with Crippen molar-refractivity contribution in [1.82, 2.24) is 0 Å². The lowest BCUT2D eigenvalue weighted by Crippen LogP contribution is -2.17. The number of hydrogen-bond donors (Lipinski definition) is 0. The molecule has 0 amide bonds. The molecular formula is C10H23OP. The molecule has 0 aromatic carbocycles. The predicted molar refractivity (Wildman–Crippen MR) is 58.1 cm³/mol. The zero-order valence-electron chi connectivity index (χ0n) is 9.18. The van der Waals surface area contributed by atoms with Crippen molar-refractivity contribution in [2.45, 2.75) is 53.1 Å². The van der Waals surface area contributed by atoms with Crippen LogP contribution >= 0.6 is 8.15 Å². The highest BCUT2D eigenvalue weighted by molar-refractivity contribution is 7.52. The number of hydrogen-bond acceptors (Lipinski definition) is 1. The maximum atomic E-state index is 5.98. The maximum absolute atomic E-state index is 5.98. The highest BCUT2D eigenvalue weighted by Gasteiger charge is 2.17. The first kappa shape index (κ1) is 12.4. The average molecular weight is 190 g/mol. The van der Waals surface area contributed by atoms with Crippen molar-refractivity contribution in [3.63, 3.8) is 0 Å². The van der Waals surface area contributed by atoms with Crippen LogP contribution in [0, 0.1) is 0 Å². The van der Waals surface area contributed by atoms with Crippen LogP contribution in [0.25, 0.3) is 0 Å². The van der Waals surface area contributed by atoms with E-state index in [1.54, 1.807) is 0 Å². The summed E-state index contributed by atoms with van der Waals surface area (Å²) in [6.07, 6.45) is 5.03. The minimum Gasteiger partial charge on any atom is -0.354 e. The fourth-order valence-electron chi connectivity index (χ4n) is 1.09. The molecule has 0 spiro atoms. The van der Waals surface area contributed by atoms with Gasteiger partial charge in [0.1, 0.15) is 0 Å². The van der Waals surface area contributed by atoms with Gasteiger partial charge in [0.05, 0.1) is 5.60 Å². The quantitative estimate of drug-likeness (QED) is 0.595. The second-order valence-corrected chi connectivity index (χ2v) is 6.17. The molecule has 0 bridgehead atoms. The van der Waals surface area contributed by atoms with E-state index in [-0.39, 0.29) is 13.7 Å². The van der Waals surface area contributed by atoms with Gasteiger partial charge in [-0.25, -0.2) is 0 Å². The Labute approximate surface area is 78.7 Å². The summed E-state index contributed by atoms with van der Waals surface area (Å²) >= 11 is 0. The highest BCUT2D eigenvalue weighted by Crippen LogP contribution is 2.42. The summed E-state index contributed by atoms with van der Waals surface area (Å²) in [6, 6.07) is 0. The van der Waals surface area contributed by atoms with Gasteiger partial charge in [0.2, 0.25) is 0 Å². The van der Waals surface area contributed by atoms with E-state index in [9.17, 15) is 0 Å². The van der Waals surface area contributed by atoms with Crippen molar-refractivity contribution >= 4 is 8.15 Å². The molecule has 0 saturated heterocycles. The van der Waals surface area contributed by atoms with E-state index in [4.69, 9.17) is 4.52 Å². The van der Waals surface area contributed by atoms with Crippen molar-refractivity contribution in [1.29, 1.82) is 0 Å². The third kappa shape index (κ3) is 7.06. The van der Waals surface area contributed by atoms with Gasteiger partial charge >= 0.3 is 0 Å². The molecule has 0 heterocycles. The summed E-state index contributed by atoms with van der Waals surface area (Å²) < 4.78 is 5.98. The zero-order valence-corrected chi connectivity index (χ0v) is 10.1. The van der Waals surface area contributed by atoms with Gasteiger partial charge in [-0.3, -0.25) is 0 Å². The summed E-state index contributed by atoms with van der Waals surface area (Å²) in [7, 11) is -0.149. The van der Waals surface area contributed by atoms with Gasteiger partial charge in [-0.1, -0.05) is 26.7 Å². The molecule has 0 aliphatic carbocycles. The summed E-state index contributed by atoms with van der Waals surface area (Å²) in [5.74, 6) is 0. The molecule has 12 heavy (non-hydrogen) atoms.